The average molecular weight is 305 g/mol. The van der Waals surface area contributed by atoms with Gasteiger partial charge in [-0.1, -0.05) is 0 Å². The molecule has 0 aliphatic carbocycles. The van der Waals surface area contributed by atoms with E-state index < -0.39 is 10.0 Å². The number of rotatable bonds is 4. The number of aromatic nitrogens is 1. The molecule has 0 radical (unpaired) electrons. The van der Waals surface area contributed by atoms with Crippen LogP contribution in [0.5, 0.6) is 0 Å². The van der Waals surface area contributed by atoms with E-state index in [9.17, 15) is 8.42 Å². The van der Waals surface area contributed by atoms with Crippen molar-refractivity contribution in [2.75, 3.05) is 16.6 Å². The van der Waals surface area contributed by atoms with E-state index in [2.05, 4.69) is 4.98 Å². The van der Waals surface area contributed by atoms with E-state index in [1.165, 1.54) is 4.31 Å². The molecule has 0 saturated heterocycles. The minimum atomic E-state index is -3.69. The fourth-order valence-electron chi connectivity index (χ4n) is 2.16. The summed E-state index contributed by atoms with van der Waals surface area (Å²) in [6, 6.07) is 6.66. The van der Waals surface area contributed by atoms with Gasteiger partial charge in [0.1, 0.15) is 4.90 Å². The van der Waals surface area contributed by atoms with Crippen molar-refractivity contribution in [3.05, 3.63) is 47.8 Å². The van der Waals surface area contributed by atoms with Gasteiger partial charge in [-0.05, 0) is 56.2 Å². The van der Waals surface area contributed by atoms with Crippen LogP contribution in [-0.2, 0) is 10.0 Å². The van der Waals surface area contributed by atoms with Gasteiger partial charge < -0.3 is 5.73 Å². The Hall–Kier alpha value is -2.08. The van der Waals surface area contributed by atoms with Crippen LogP contribution in [0.3, 0.4) is 0 Å². The Bertz CT molecular complexity index is 743. The molecule has 2 aromatic rings. The minimum absolute atomic E-state index is 0.143. The van der Waals surface area contributed by atoms with Gasteiger partial charge in [0.15, 0.2) is 0 Å². The zero-order valence-corrected chi connectivity index (χ0v) is 13.2. The molecule has 0 spiro atoms. The van der Waals surface area contributed by atoms with Gasteiger partial charge >= 0.3 is 0 Å². The lowest BCUT2D eigenvalue weighted by molar-refractivity contribution is 0.592. The molecule has 0 unspecified atom stereocenters. The Labute approximate surface area is 125 Å². The lowest BCUT2D eigenvalue weighted by atomic mass is 10.1. The zero-order valence-electron chi connectivity index (χ0n) is 12.4. The first-order chi connectivity index (χ1) is 9.87. The topological polar surface area (TPSA) is 76.3 Å². The second-order valence-electron chi connectivity index (χ2n) is 4.85. The summed E-state index contributed by atoms with van der Waals surface area (Å²) in [7, 11) is -3.69. The predicted molar refractivity (Wildman–Crippen MR) is 84.8 cm³/mol. The maximum absolute atomic E-state index is 12.9. The van der Waals surface area contributed by atoms with Crippen molar-refractivity contribution in [1.82, 2.24) is 4.98 Å². The van der Waals surface area contributed by atoms with Crippen molar-refractivity contribution >= 4 is 21.4 Å². The van der Waals surface area contributed by atoms with E-state index in [1.54, 1.807) is 43.6 Å². The highest BCUT2D eigenvalue weighted by Gasteiger charge is 2.26. The molecule has 0 aliphatic rings. The summed E-state index contributed by atoms with van der Waals surface area (Å²) in [6.07, 6.45) is 3.13. The van der Waals surface area contributed by atoms with Crippen molar-refractivity contribution in [1.29, 1.82) is 0 Å². The fraction of sp³-hybridized carbons (Fsp3) is 0.267. The number of sulfonamides is 1. The number of hydrogen-bond acceptors (Lipinski definition) is 4. The molecule has 0 fully saturated rings. The maximum atomic E-state index is 12.9. The zero-order chi connectivity index (χ0) is 15.6. The quantitative estimate of drug-likeness (QED) is 0.881. The molecule has 0 amide bonds. The highest BCUT2D eigenvalue weighted by Crippen LogP contribution is 2.28. The van der Waals surface area contributed by atoms with E-state index in [1.807, 2.05) is 13.8 Å². The van der Waals surface area contributed by atoms with Crippen molar-refractivity contribution in [2.24, 2.45) is 0 Å². The Morgan fingerprint density at radius 2 is 1.71 bits per heavy atom. The van der Waals surface area contributed by atoms with Crippen LogP contribution in [0.2, 0.25) is 0 Å². The molecule has 2 N–H and O–H groups in total. The van der Waals surface area contributed by atoms with E-state index >= 15 is 0 Å². The summed E-state index contributed by atoms with van der Waals surface area (Å²) >= 11 is 0. The average Bonchev–Trinajstić information content (AvgIpc) is 2.44. The summed E-state index contributed by atoms with van der Waals surface area (Å²) in [5, 5.41) is 0. The van der Waals surface area contributed by atoms with Crippen LogP contribution in [-0.4, -0.2) is 19.9 Å². The van der Waals surface area contributed by atoms with Crippen molar-refractivity contribution in [2.45, 2.75) is 25.7 Å². The number of hydrogen-bond donors (Lipinski definition) is 1. The van der Waals surface area contributed by atoms with Crippen molar-refractivity contribution in [3.8, 4) is 0 Å². The van der Waals surface area contributed by atoms with Crippen LogP contribution >= 0.6 is 0 Å². The number of nitrogens with two attached hydrogens (primary N) is 1. The van der Waals surface area contributed by atoms with Gasteiger partial charge in [-0.3, -0.25) is 9.29 Å². The summed E-state index contributed by atoms with van der Waals surface area (Å²) in [5.74, 6) is 0. The second-order valence-corrected chi connectivity index (χ2v) is 6.68. The smallest absolute Gasteiger partial charge is 0.266 e. The molecule has 0 saturated carbocycles. The number of nitrogens with zero attached hydrogens (tertiary/aromatic N) is 2. The Morgan fingerprint density at radius 1 is 1.14 bits per heavy atom. The molecular weight excluding hydrogens is 286 g/mol. The third-order valence-electron chi connectivity index (χ3n) is 3.43. The molecule has 1 aromatic carbocycles. The molecule has 0 atom stereocenters. The predicted octanol–water partition coefficient (Wildman–Crippen LogP) is 2.50. The monoisotopic (exact) mass is 305 g/mol. The fourth-order valence-corrected chi connectivity index (χ4v) is 3.81. The molecule has 0 bridgehead atoms. The van der Waals surface area contributed by atoms with Gasteiger partial charge in [0.05, 0.1) is 11.4 Å². The van der Waals surface area contributed by atoms with Crippen LogP contribution in [0.1, 0.15) is 18.1 Å². The molecule has 2 rings (SSSR count). The first kappa shape index (κ1) is 15.3. The Balaban J connectivity index is 2.58. The molecule has 5 nitrogen and oxygen atoms in total. The van der Waals surface area contributed by atoms with Gasteiger partial charge in [0, 0.05) is 18.9 Å². The summed E-state index contributed by atoms with van der Waals surface area (Å²) in [5.41, 5.74) is 8.64. The first-order valence-corrected chi connectivity index (χ1v) is 8.11. The van der Waals surface area contributed by atoms with Gasteiger partial charge in [-0.15, -0.1) is 0 Å². The molecule has 0 aliphatic heterocycles. The number of anilines is 2. The van der Waals surface area contributed by atoms with E-state index in [0.29, 0.717) is 12.2 Å². The van der Waals surface area contributed by atoms with Crippen molar-refractivity contribution < 1.29 is 8.42 Å². The summed E-state index contributed by atoms with van der Waals surface area (Å²) in [4.78, 5) is 4.06. The molecule has 112 valence electrons. The molecular formula is C15H19N3O2S. The molecule has 1 aromatic heterocycles. The largest absolute Gasteiger partial charge is 0.398 e. The standard InChI is InChI=1S/C15H19N3O2S/c1-4-18(13-5-7-17-8-6-13)21(19,20)15-10-12(3)11(2)9-14(15)16/h5-10H,4,16H2,1-3H3. The van der Waals surface area contributed by atoms with Gasteiger partial charge in [-0.2, -0.15) is 0 Å². The van der Waals surface area contributed by atoms with Gasteiger partial charge in [0.2, 0.25) is 0 Å². The van der Waals surface area contributed by atoms with Crippen LogP contribution in [0.25, 0.3) is 0 Å². The number of aryl methyl sites for hydroxylation is 2. The highest BCUT2D eigenvalue weighted by molar-refractivity contribution is 7.93. The van der Waals surface area contributed by atoms with Crippen LogP contribution < -0.4 is 10.0 Å². The summed E-state index contributed by atoms with van der Waals surface area (Å²) in [6.45, 7) is 5.88. The number of benzene rings is 1. The molecule has 1 heterocycles. The first-order valence-electron chi connectivity index (χ1n) is 6.67. The Morgan fingerprint density at radius 3 is 2.29 bits per heavy atom. The third-order valence-corrected chi connectivity index (χ3v) is 5.39. The lowest BCUT2D eigenvalue weighted by Crippen LogP contribution is -2.31. The Kier molecular flexibility index (Phi) is 4.18. The highest BCUT2D eigenvalue weighted by atomic mass is 32.2. The van der Waals surface area contributed by atoms with Gasteiger partial charge in [0.25, 0.3) is 10.0 Å². The van der Waals surface area contributed by atoms with Crippen molar-refractivity contribution in [3.63, 3.8) is 0 Å². The minimum Gasteiger partial charge on any atom is -0.398 e. The van der Waals surface area contributed by atoms with Crippen LogP contribution in [0, 0.1) is 13.8 Å². The normalized spacial score (nSPS) is 11.4. The van der Waals surface area contributed by atoms with E-state index in [4.69, 9.17) is 5.73 Å². The number of nitrogen functional groups attached to an aromatic ring is 1. The van der Waals surface area contributed by atoms with Gasteiger partial charge in [-0.25, -0.2) is 8.42 Å². The SMILES string of the molecule is CCN(c1ccncc1)S(=O)(=O)c1cc(C)c(C)cc1N. The third kappa shape index (κ3) is 2.85. The van der Waals surface area contributed by atoms with E-state index in [-0.39, 0.29) is 10.6 Å². The molecule has 21 heavy (non-hydrogen) atoms. The summed E-state index contributed by atoms with van der Waals surface area (Å²) < 4.78 is 27.1. The van der Waals surface area contributed by atoms with E-state index in [0.717, 1.165) is 11.1 Å². The molecule has 6 heteroatoms. The van der Waals surface area contributed by atoms with Crippen LogP contribution in [0.4, 0.5) is 11.4 Å². The lowest BCUT2D eigenvalue weighted by Gasteiger charge is -2.24. The van der Waals surface area contributed by atoms with Crippen LogP contribution in [0.15, 0.2) is 41.6 Å². The number of pyridine rings is 1. The maximum Gasteiger partial charge on any atom is 0.266 e. The second kappa shape index (κ2) is 5.73.